The van der Waals surface area contributed by atoms with Crippen LogP contribution in [0, 0.1) is 0 Å². The Hall–Kier alpha value is -6.72. The second-order valence-corrected chi connectivity index (χ2v) is 12.8. The van der Waals surface area contributed by atoms with Crippen molar-refractivity contribution in [2.45, 2.75) is 0 Å². The number of hydrogen-bond acceptors (Lipinski definition) is 2. The van der Waals surface area contributed by atoms with Gasteiger partial charge in [-0.05, 0) is 52.6 Å². The molecule has 0 saturated carbocycles. The fourth-order valence-electron chi connectivity index (χ4n) is 7.85. The fraction of sp³-hybridized carbons (Fsp3) is 0. The molecular weight excluding hydrogens is 599 g/mol. The van der Waals surface area contributed by atoms with Crippen molar-refractivity contribution in [1.29, 1.82) is 0 Å². The Bertz CT molecular complexity index is 2890. The first kappa shape index (κ1) is 26.4. The van der Waals surface area contributed by atoms with E-state index in [0.717, 1.165) is 100 Å². The highest BCUT2D eigenvalue weighted by molar-refractivity contribution is 6.24. The van der Waals surface area contributed by atoms with Crippen LogP contribution in [0.4, 0.5) is 0 Å². The molecule has 5 nitrogen and oxygen atoms in total. The molecule has 9 aromatic rings. The lowest BCUT2D eigenvalue weighted by molar-refractivity contribution is 1.11. The van der Waals surface area contributed by atoms with Gasteiger partial charge in [0, 0.05) is 33.3 Å². The molecule has 0 fully saturated rings. The van der Waals surface area contributed by atoms with Crippen molar-refractivity contribution in [3.05, 3.63) is 151 Å². The molecule has 0 saturated heterocycles. The summed E-state index contributed by atoms with van der Waals surface area (Å²) in [7, 11) is 0. The molecule has 5 aromatic heterocycles. The Morgan fingerprint density at radius 1 is 0.449 bits per heavy atom. The molecule has 0 radical (unpaired) electrons. The van der Waals surface area contributed by atoms with Gasteiger partial charge in [-0.1, -0.05) is 121 Å². The first-order chi connectivity index (χ1) is 24.3. The summed E-state index contributed by atoms with van der Waals surface area (Å²) in [5, 5.41) is 0. The van der Waals surface area contributed by atoms with Gasteiger partial charge in [0.05, 0.1) is 39.0 Å². The number of nitrogens with zero attached hydrogens (tertiary/aromatic N) is 3. The second kappa shape index (κ2) is 9.89. The van der Waals surface area contributed by atoms with Crippen LogP contribution >= 0.6 is 0 Å². The van der Waals surface area contributed by atoms with Crippen molar-refractivity contribution in [3.63, 3.8) is 0 Å². The average molecular weight is 626 g/mol. The largest absolute Gasteiger partial charge is 0.354 e. The zero-order valence-electron chi connectivity index (χ0n) is 26.3. The quantitative estimate of drug-likeness (QED) is 0.204. The van der Waals surface area contributed by atoms with E-state index in [1.54, 1.807) is 0 Å². The molecule has 8 heterocycles. The summed E-state index contributed by atoms with van der Waals surface area (Å²) in [5.41, 5.74) is 20.5. The fourth-order valence-corrected chi connectivity index (χ4v) is 7.85. The molecule has 228 valence electrons. The molecule has 2 N–H and O–H groups in total. The predicted octanol–water partition coefficient (Wildman–Crippen LogP) is 11.1. The van der Waals surface area contributed by atoms with Crippen LogP contribution in [0.5, 0.6) is 0 Å². The number of rotatable bonds is 4. The number of aromatic amines is 2. The van der Waals surface area contributed by atoms with Gasteiger partial charge in [-0.15, -0.1) is 0 Å². The van der Waals surface area contributed by atoms with E-state index in [2.05, 4.69) is 166 Å². The Labute approximate surface area is 281 Å². The maximum absolute atomic E-state index is 5.57. The third-order valence-corrected chi connectivity index (χ3v) is 9.93. The molecule has 10 bridgehead atoms. The minimum absolute atomic E-state index is 0.896. The van der Waals surface area contributed by atoms with Crippen molar-refractivity contribution in [2.24, 2.45) is 0 Å². The van der Waals surface area contributed by atoms with Gasteiger partial charge in [0.25, 0.3) is 0 Å². The van der Waals surface area contributed by atoms with Crippen molar-refractivity contribution in [1.82, 2.24) is 24.5 Å². The van der Waals surface area contributed by atoms with Gasteiger partial charge in [0.2, 0.25) is 0 Å². The van der Waals surface area contributed by atoms with Gasteiger partial charge < -0.3 is 14.5 Å². The van der Waals surface area contributed by atoms with Crippen LogP contribution in [0.2, 0.25) is 0 Å². The van der Waals surface area contributed by atoms with E-state index in [4.69, 9.17) is 9.97 Å². The van der Waals surface area contributed by atoms with Crippen LogP contribution in [-0.2, 0) is 0 Å². The Morgan fingerprint density at radius 2 is 1.00 bits per heavy atom. The van der Waals surface area contributed by atoms with Crippen LogP contribution in [0.1, 0.15) is 11.4 Å². The lowest BCUT2D eigenvalue weighted by Gasteiger charge is -2.25. The molecule has 0 aliphatic carbocycles. The van der Waals surface area contributed by atoms with E-state index in [9.17, 15) is 0 Å². The van der Waals surface area contributed by atoms with Crippen molar-refractivity contribution >= 4 is 56.3 Å². The van der Waals surface area contributed by atoms with Gasteiger partial charge in [0.1, 0.15) is 11.2 Å². The van der Waals surface area contributed by atoms with E-state index < -0.39 is 0 Å². The van der Waals surface area contributed by atoms with Gasteiger partial charge in [-0.3, -0.25) is 0 Å². The highest BCUT2D eigenvalue weighted by atomic mass is 15.1. The highest BCUT2D eigenvalue weighted by Crippen LogP contribution is 2.52. The van der Waals surface area contributed by atoms with E-state index in [1.807, 2.05) is 0 Å². The normalized spacial score (nSPS) is 12.4. The van der Waals surface area contributed by atoms with Crippen LogP contribution < -0.4 is 0 Å². The molecule has 0 unspecified atom stereocenters. The zero-order valence-corrected chi connectivity index (χ0v) is 26.3. The van der Waals surface area contributed by atoms with E-state index in [1.165, 1.54) is 5.52 Å². The summed E-state index contributed by atoms with van der Waals surface area (Å²) in [5.74, 6) is 0. The third kappa shape index (κ3) is 3.75. The lowest BCUT2D eigenvalue weighted by atomic mass is 9.92. The lowest BCUT2D eigenvalue weighted by Crippen LogP contribution is -2.12. The third-order valence-electron chi connectivity index (χ3n) is 9.93. The molecule has 0 spiro atoms. The van der Waals surface area contributed by atoms with Crippen molar-refractivity contribution in [2.75, 3.05) is 0 Å². The van der Waals surface area contributed by atoms with Crippen molar-refractivity contribution in [3.8, 4) is 50.2 Å². The molecule has 3 aliphatic rings. The van der Waals surface area contributed by atoms with Gasteiger partial charge in [0.15, 0.2) is 0 Å². The zero-order chi connectivity index (χ0) is 32.1. The maximum Gasteiger partial charge on any atom is 0.115 e. The topological polar surface area (TPSA) is 62.3 Å². The molecule has 3 aliphatic heterocycles. The summed E-state index contributed by atoms with van der Waals surface area (Å²) >= 11 is 0. The number of benzene rings is 4. The number of nitrogens with one attached hydrogen (secondary N) is 2. The number of pyridine rings is 1. The van der Waals surface area contributed by atoms with Crippen molar-refractivity contribution < 1.29 is 0 Å². The maximum atomic E-state index is 5.57. The van der Waals surface area contributed by atoms with Gasteiger partial charge in [-0.25, -0.2) is 9.97 Å². The molecule has 0 atom stereocenters. The van der Waals surface area contributed by atoms with E-state index in [0.29, 0.717) is 0 Å². The van der Waals surface area contributed by atoms with Crippen LogP contribution in [0.25, 0.3) is 106 Å². The first-order valence-electron chi connectivity index (χ1n) is 16.6. The standard InChI is InChI=1S/C44H27N5/c1-5-13-26(14-6-1)35-33-24-31-22-21-30(45-31)23-32-25-34-39(46-32)44-42-43(49(34)44)38(29-19-11-4-12-20-29)41(48-42)37(28-17-9-3-10-18-28)40(47-33)36(35)27-15-7-2-8-16-27/h1-25,46-47H. The first-order valence-corrected chi connectivity index (χ1v) is 16.6. The predicted molar refractivity (Wildman–Crippen MR) is 202 cm³/mol. The summed E-state index contributed by atoms with van der Waals surface area (Å²) in [6, 6.07) is 49.4. The molecule has 4 aromatic carbocycles. The number of aromatic nitrogens is 5. The molecular formula is C44H27N5. The molecule has 12 rings (SSSR count). The smallest absolute Gasteiger partial charge is 0.115 e. The van der Waals surface area contributed by atoms with E-state index >= 15 is 0 Å². The number of hydrogen-bond donors (Lipinski definition) is 2. The van der Waals surface area contributed by atoms with Gasteiger partial charge in [-0.2, -0.15) is 0 Å². The van der Waals surface area contributed by atoms with E-state index in [-0.39, 0.29) is 0 Å². The monoisotopic (exact) mass is 625 g/mol. The number of H-pyrrole nitrogens is 2. The van der Waals surface area contributed by atoms with Crippen LogP contribution in [0.3, 0.4) is 0 Å². The summed E-state index contributed by atoms with van der Waals surface area (Å²) in [6.45, 7) is 0. The van der Waals surface area contributed by atoms with Crippen LogP contribution in [-0.4, -0.2) is 24.5 Å². The van der Waals surface area contributed by atoms with Gasteiger partial charge >= 0.3 is 0 Å². The second-order valence-electron chi connectivity index (χ2n) is 12.8. The van der Waals surface area contributed by atoms with Crippen LogP contribution in [0.15, 0.2) is 140 Å². The highest BCUT2D eigenvalue weighted by Gasteiger charge is 2.34. The molecule has 49 heavy (non-hydrogen) atoms. The molecule has 0 amide bonds. The average Bonchev–Trinajstić information content (AvgIpc) is 3.90. The Kier molecular flexibility index (Phi) is 5.32. The minimum atomic E-state index is 0.896. The summed E-state index contributed by atoms with van der Waals surface area (Å²) < 4.78 is 2.37. The Balaban J connectivity index is 1.44. The molecule has 5 heteroatoms. The minimum Gasteiger partial charge on any atom is -0.354 e. The Morgan fingerprint density at radius 3 is 1.63 bits per heavy atom. The summed E-state index contributed by atoms with van der Waals surface area (Å²) in [6.07, 6.45) is 4.19. The SMILES string of the molecule is C1=Cc2cc3[nH]c(c(-c4ccccc4)c3-c3ccccc3)c(-c3ccccc3)c3nc4c5c6[nH]c(cc1n2)cc6n-5c4c3-c1ccccc1. The summed E-state index contributed by atoms with van der Waals surface area (Å²) in [4.78, 5) is 18.3.